The second-order valence-electron chi connectivity index (χ2n) is 15.7. The highest BCUT2D eigenvalue weighted by molar-refractivity contribution is 7.45. The van der Waals surface area contributed by atoms with Crippen molar-refractivity contribution in [1.29, 1.82) is 0 Å². The quantitative estimate of drug-likeness (QED) is 0.0201. The number of likely N-dealkylation sites (N-methyl/N-ethyl adjacent to an activating group) is 1. The Hall–Kier alpha value is -1.28. The van der Waals surface area contributed by atoms with Crippen LogP contribution in [0.4, 0.5) is 0 Å². The molecule has 0 fully saturated rings. The van der Waals surface area contributed by atoms with E-state index in [-0.39, 0.29) is 25.8 Å². The lowest BCUT2D eigenvalue weighted by atomic mass is 10.1. The van der Waals surface area contributed by atoms with Gasteiger partial charge in [-0.2, -0.15) is 0 Å². The Kier molecular flexibility index (Phi) is 36.7. The minimum Gasteiger partial charge on any atom is -0.756 e. The molecule has 0 saturated carbocycles. The van der Waals surface area contributed by atoms with Crippen molar-refractivity contribution in [3.05, 3.63) is 36.5 Å². The molecule has 0 saturated heterocycles. The zero-order chi connectivity index (χ0) is 39.1. The van der Waals surface area contributed by atoms with Gasteiger partial charge in [0.1, 0.15) is 19.3 Å². The van der Waals surface area contributed by atoms with Gasteiger partial charge in [-0.25, -0.2) is 0 Å². The van der Waals surface area contributed by atoms with Crippen LogP contribution in [0.2, 0.25) is 0 Å². The molecule has 0 amide bonds. The molecule has 0 aromatic carbocycles. The van der Waals surface area contributed by atoms with Crippen molar-refractivity contribution in [2.45, 2.75) is 187 Å². The average molecular weight is 770 g/mol. The first kappa shape index (κ1) is 51.7. The van der Waals surface area contributed by atoms with E-state index in [1.807, 2.05) is 21.1 Å². The molecule has 0 N–H and O–H groups in total. The van der Waals surface area contributed by atoms with Crippen molar-refractivity contribution in [3.8, 4) is 0 Å². The van der Waals surface area contributed by atoms with Crippen molar-refractivity contribution in [3.63, 3.8) is 0 Å². The van der Waals surface area contributed by atoms with Gasteiger partial charge in [-0.3, -0.25) is 9.36 Å². The number of carbonyl (C=O) groups is 1. The van der Waals surface area contributed by atoms with Crippen LogP contribution in [0.15, 0.2) is 36.5 Å². The predicted molar refractivity (Wildman–Crippen MR) is 222 cm³/mol. The Bertz CT molecular complexity index is 947. The van der Waals surface area contributed by atoms with Gasteiger partial charge in [0.2, 0.25) is 0 Å². The van der Waals surface area contributed by atoms with Gasteiger partial charge in [-0.05, 0) is 70.6 Å². The molecule has 2 atom stereocenters. The fourth-order valence-electron chi connectivity index (χ4n) is 5.75. The number of esters is 1. The van der Waals surface area contributed by atoms with E-state index in [0.717, 1.165) is 57.8 Å². The molecule has 0 aliphatic heterocycles. The van der Waals surface area contributed by atoms with Crippen LogP contribution in [0.5, 0.6) is 0 Å². The van der Waals surface area contributed by atoms with Gasteiger partial charge in [-0.15, -0.1) is 0 Å². The molecule has 1 unspecified atom stereocenters. The Balaban J connectivity index is 4.27. The summed E-state index contributed by atoms with van der Waals surface area (Å²) in [5, 5.41) is 0. The first-order chi connectivity index (χ1) is 25.6. The van der Waals surface area contributed by atoms with Crippen molar-refractivity contribution in [1.82, 2.24) is 0 Å². The third-order valence-corrected chi connectivity index (χ3v) is 10.1. The normalized spacial score (nSPS) is 14.2. The largest absolute Gasteiger partial charge is 0.756 e. The molecule has 8 nitrogen and oxygen atoms in total. The first-order valence-corrected chi connectivity index (χ1v) is 23.2. The topological polar surface area (TPSA) is 94.1 Å². The van der Waals surface area contributed by atoms with Crippen molar-refractivity contribution in [2.24, 2.45) is 0 Å². The predicted octanol–water partition coefficient (Wildman–Crippen LogP) is 12.0. The Morgan fingerprint density at radius 1 is 0.585 bits per heavy atom. The van der Waals surface area contributed by atoms with E-state index >= 15 is 0 Å². The third-order valence-electron chi connectivity index (χ3n) is 9.16. The number of hydrogen-bond acceptors (Lipinski definition) is 7. The number of ether oxygens (including phenoxy) is 2. The number of phosphoric acid groups is 1. The minimum atomic E-state index is -4.53. The van der Waals surface area contributed by atoms with E-state index < -0.39 is 13.9 Å². The van der Waals surface area contributed by atoms with Crippen LogP contribution in [-0.2, 0) is 27.9 Å². The van der Waals surface area contributed by atoms with Gasteiger partial charge in [0.25, 0.3) is 7.82 Å². The second-order valence-corrected chi connectivity index (χ2v) is 17.1. The Morgan fingerprint density at radius 3 is 1.58 bits per heavy atom. The van der Waals surface area contributed by atoms with Crippen LogP contribution in [-0.4, -0.2) is 70.7 Å². The van der Waals surface area contributed by atoms with E-state index in [4.69, 9.17) is 18.5 Å². The first-order valence-electron chi connectivity index (χ1n) is 21.7. The van der Waals surface area contributed by atoms with E-state index in [0.29, 0.717) is 24.1 Å². The molecule has 0 aliphatic rings. The van der Waals surface area contributed by atoms with Crippen molar-refractivity contribution >= 4 is 13.8 Å². The molecule has 0 radical (unpaired) electrons. The van der Waals surface area contributed by atoms with Crippen LogP contribution in [0, 0.1) is 0 Å². The maximum atomic E-state index is 12.7. The van der Waals surface area contributed by atoms with Crippen molar-refractivity contribution in [2.75, 3.05) is 54.1 Å². The van der Waals surface area contributed by atoms with Crippen molar-refractivity contribution < 1.29 is 37.3 Å². The molecular formula is C44H84NO7P. The van der Waals surface area contributed by atoms with Gasteiger partial charge in [-0.1, -0.05) is 140 Å². The van der Waals surface area contributed by atoms with Crippen LogP contribution < -0.4 is 4.89 Å². The van der Waals surface area contributed by atoms with Gasteiger partial charge >= 0.3 is 5.97 Å². The summed E-state index contributed by atoms with van der Waals surface area (Å²) in [6.07, 6.45) is 42.9. The fraction of sp³-hybridized carbons (Fsp3) is 0.841. The fourth-order valence-corrected chi connectivity index (χ4v) is 6.47. The zero-order valence-electron chi connectivity index (χ0n) is 35.2. The lowest BCUT2D eigenvalue weighted by Gasteiger charge is -2.28. The van der Waals surface area contributed by atoms with E-state index in [1.54, 1.807) is 0 Å². The van der Waals surface area contributed by atoms with Gasteiger partial charge in [0, 0.05) is 13.0 Å². The van der Waals surface area contributed by atoms with Gasteiger partial charge in [0.05, 0.1) is 34.4 Å². The number of carbonyl (C=O) groups excluding carboxylic acids is 1. The molecule has 0 aromatic heterocycles. The summed E-state index contributed by atoms with van der Waals surface area (Å²) >= 11 is 0. The van der Waals surface area contributed by atoms with E-state index in [2.05, 4.69) is 50.3 Å². The van der Waals surface area contributed by atoms with Crippen LogP contribution in [0.25, 0.3) is 0 Å². The maximum absolute atomic E-state index is 12.7. The summed E-state index contributed by atoms with van der Waals surface area (Å²) < 4.78 is 34.6. The zero-order valence-corrected chi connectivity index (χ0v) is 36.1. The lowest BCUT2D eigenvalue weighted by molar-refractivity contribution is -0.870. The number of unbranched alkanes of at least 4 members (excludes halogenated alkanes) is 20. The van der Waals surface area contributed by atoms with Gasteiger partial charge in [0.15, 0.2) is 0 Å². The smallest absolute Gasteiger partial charge is 0.306 e. The van der Waals surface area contributed by atoms with Crippen LogP contribution >= 0.6 is 7.82 Å². The number of quaternary nitrogens is 1. The molecule has 312 valence electrons. The summed E-state index contributed by atoms with van der Waals surface area (Å²) in [5.74, 6) is -0.349. The second kappa shape index (κ2) is 37.6. The number of nitrogens with zero attached hydrogens (tertiary/aromatic N) is 1. The standard InChI is InChI=1S/C44H84NO7P/c1-6-8-10-12-14-16-18-20-22-24-26-28-30-32-34-36-39-49-41-43(42-51-53(47,48)50-40-38-45(3,4)5)52-44(46)37-35-33-31-29-27-25-23-21-19-17-15-13-11-9-7-2/h15-18,21,23,43H,6-14,19-20,22,24-42H2,1-5H3/b17-15-,18-16+,23-21-/t43-/m1/s1. The molecule has 0 spiro atoms. The summed E-state index contributed by atoms with van der Waals surface area (Å²) in [7, 11) is 1.34. The van der Waals surface area contributed by atoms with Crippen LogP contribution in [0.1, 0.15) is 181 Å². The molecule has 53 heavy (non-hydrogen) atoms. The molecule has 0 aliphatic carbocycles. The SMILES string of the molecule is CCCCC/C=C\C/C=C\CCCCCCCC(=O)O[C@H](COCCCCCCCCCC/C=C/CCCCCC)COP(=O)([O-])OCC[N+](C)(C)C. The van der Waals surface area contributed by atoms with Gasteiger partial charge < -0.3 is 27.9 Å². The number of hydrogen-bond donors (Lipinski definition) is 0. The summed E-state index contributed by atoms with van der Waals surface area (Å²) in [6.45, 7) is 5.35. The molecule has 0 bridgehead atoms. The molecule has 0 heterocycles. The number of allylic oxidation sites excluding steroid dienone is 6. The molecule has 0 rings (SSSR count). The summed E-state index contributed by atoms with van der Waals surface area (Å²) in [5.41, 5.74) is 0. The molecule has 0 aromatic rings. The Labute approximate surface area is 327 Å². The third kappa shape index (κ3) is 41.7. The summed E-state index contributed by atoms with van der Waals surface area (Å²) in [6, 6.07) is 0. The Morgan fingerprint density at radius 2 is 1.04 bits per heavy atom. The highest BCUT2D eigenvalue weighted by Crippen LogP contribution is 2.38. The highest BCUT2D eigenvalue weighted by Gasteiger charge is 2.20. The number of rotatable bonds is 40. The molecule has 9 heteroatoms. The van der Waals surface area contributed by atoms with E-state index in [9.17, 15) is 14.3 Å². The lowest BCUT2D eigenvalue weighted by Crippen LogP contribution is -2.37. The highest BCUT2D eigenvalue weighted by atomic mass is 31.2. The monoisotopic (exact) mass is 770 g/mol. The summed E-state index contributed by atoms with van der Waals surface area (Å²) in [4.78, 5) is 25.0. The minimum absolute atomic E-state index is 0.0225. The average Bonchev–Trinajstić information content (AvgIpc) is 3.11. The maximum Gasteiger partial charge on any atom is 0.306 e. The van der Waals surface area contributed by atoms with Crippen LogP contribution in [0.3, 0.4) is 0 Å². The number of phosphoric ester groups is 1. The van der Waals surface area contributed by atoms with E-state index in [1.165, 1.54) is 103 Å². The molecular weight excluding hydrogens is 685 g/mol.